The van der Waals surface area contributed by atoms with E-state index in [9.17, 15) is 19.8 Å². The van der Waals surface area contributed by atoms with Gasteiger partial charge in [0.2, 0.25) is 0 Å². The Morgan fingerprint density at radius 3 is 1.78 bits per heavy atom. The number of hydrogen-bond acceptors (Lipinski definition) is 9. The van der Waals surface area contributed by atoms with Gasteiger partial charge >= 0.3 is 11.9 Å². The Labute approximate surface area is 239 Å². The zero-order valence-electron chi connectivity index (χ0n) is 24.2. The average Bonchev–Trinajstić information content (AvgIpc) is 3.50. The van der Waals surface area contributed by atoms with Gasteiger partial charge in [-0.3, -0.25) is 9.80 Å². The summed E-state index contributed by atoms with van der Waals surface area (Å²) in [5.74, 6) is 0.172. The summed E-state index contributed by atoms with van der Waals surface area (Å²) >= 11 is 0. The third-order valence-corrected chi connectivity index (χ3v) is 6.62. The van der Waals surface area contributed by atoms with E-state index >= 15 is 0 Å². The largest absolute Gasteiger partial charge is 0.476 e. The maximum absolute atomic E-state index is 12.2. The fourth-order valence-electron chi connectivity index (χ4n) is 4.97. The van der Waals surface area contributed by atoms with Crippen molar-refractivity contribution in [3.8, 4) is 0 Å². The SMILES string of the molecule is CC(C)(O)CN1CCn2cc(C(=O)O)nc2C1.CC(C)(O)CN1CCn2cc(C(=O)OCc3ccccc3)nc2C1. The van der Waals surface area contributed by atoms with E-state index in [1.54, 1.807) is 40.1 Å². The van der Waals surface area contributed by atoms with E-state index in [-0.39, 0.29) is 12.3 Å². The van der Waals surface area contributed by atoms with Crippen molar-refractivity contribution in [3.63, 3.8) is 0 Å². The zero-order chi connectivity index (χ0) is 29.8. The Bertz CT molecular complexity index is 1340. The van der Waals surface area contributed by atoms with Gasteiger partial charge in [0.05, 0.1) is 24.3 Å². The molecule has 0 fully saturated rings. The van der Waals surface area contributed by atoms with E-state index in [4.69, 9.17) is 9.84 Å². The number of aromatic nitrogens is 4. The molecule has 4 heterocycles. The number of hydrogen-bond donors (Lipinski definition) is 3. The van der Waals surface area contributed by atoms with Crippen LogP contribution in [0.5, 0.6) is 0 Å². The Kier molecular flexibility index (Phi) is 9.27. The summed E-state index contributed by atoms with van der Waals surface area (Å²) in [5.41, 5.74) is -0.112. The van der Waals surface area contributed by atoms with E-state index in [1.807, 2.05) is 39.5 Å². The second-order valence-electron chi connectivity index (χ2n) is 11.9. The number of imidazole rings is 2. The summed E-state index contributed by atoms with van der Waals surface area (Å²) in [7, 11) is 0. The number of carboxylic acid groups (broad SMARTS) is 1. The molecule has 0 aliphatic carbocycles. The minimum Gasteiger partial charge on any atom is -0.476 e. The number of fused-ring (bicyclic) bond motifs is 2. The number of carbonyl (C=O) groups excluding carboxylic acids is 1. The van der Waals surface area contributed by atoms with Gasteiger partial charge in [0.15, 0.2) is 11.4 Å². The predicted molar refractivity (Wildman–Crippen MR) is 150 cm³/mol. The molecule has 5 rings (SSSR count). The molecule has 222 valence electrons. The monoisotopic (exact) mass is 568 g/mol. The number of carbonyl (C=O) groups is 2. The number of aromatic carboxylic acids is 1. The van der Waals surface area contributed by atoms with Crippen molar-refractivity contribution in [1.82, 2.24) is 28.9 Å². The summed E-state index contributed by atoms with van der Waals surface area (Å²) < 4.78 is 9.18. The van der Waals surface area contributed by atoms with E-state index in [0.717, 1.165) is 36.8 Å². The average molecular weight is 569 g/mol. The van der Waals surface area contributed by atoms with Crippen LogP contribution < -0.4 is 0 Å². The molecule has 12 nitrogen and oxygen atoms in total. The van der Waals surface area contributed by atoms with E-state index in [0.29, 0.717) is 38.4 Å². The van der Waals surface area contributed by atoms with Crippen molar-refractivity contribution in [2.24, 2.45) is 0 Å². The van der Waals surface area contributed by atoms with Gasteiger partial charge in [0.25, 0.3) is 0 Å². The first-order valence-electron chi connectivity index (χ1n) is 13.7. The molecule has 0 amide bonds. The van der Waals surface area contributed by atoms with Crippen LogP contribution in [-0.4, -0.2) is 93.5 Å². The molecule has 0 unspecified atom stereocenters. The fraction of sp³-hybridized carbons (Fsp3) is 0.517. The van der Waals surface area contributed by atoms with Crippen molar-refractivity contribution in [2.45, 2.75) is 71.7 Å². The normalized spacial score (nSPS) is 15.9. The van der Waals surface area contributed by atoms with Gasteiger partial charge in [-0.25, -0.2) is 19.6 Å². The Morgan fingerprint density at radius 1 is 0.805 bits per heavy atom. The van der Waals surface area contributed by atoms with Gasteiger partial charge in [-0.05, 0) is 33.3 Å². The molecule has 0 saturated carbocycles. The number of benzene rings is 1. The number of esters is 1. The van der Waals surface area contributed by atoms with Crippen molar-refractivity contribution in [1.29, 1.82) is 0 Å². The van der Waals surface area contributed by atoms with Crippen molar-refractivity contribution in [3.05, 3.63) is 71.3 Å². The molecule has 41 heavy (non-hydrogen) atoms. The Morgan fingerprint density at radius 2 is 1.29 bits per heavy atom. The van der Waals surface area contributed by atoms with Crippen LogP contribution in [-0.2, 0) is 37.5 Å². The molecule has 0 spiro atoms. The van der Waals surface area contributed by atoms with E-state index < -0.39 is 23.1 Å². The highest BCUT2D eigenvalue weighted by atomic mass is 16.5. The lowest BCUT2D eigenvalue weighted by Crippen LogP contribution is -2.42. The minimum absolute atomic E-state index is 0.0881. The van der Waals surface area contributed by atoms with Crippen LogP contribution in [0.15, 0.2) is 42.7 Å². The number of nitrogens with zero attached hydrogens (tertiary/aromatic N) is 6. The molecule has 0 atom stereocenters. The van der Waals surface area contributed by atoms with Crippen LogP contribution in [0.4, 0.5) is 0 Å². The summed E-state index contributed by atoms with van der Waals surface area (Å²) in [6, 6.07) is 9.58. The van der Waals surface area contributed by atoms with Crippen LogP contribution in [0.2, 0.25) is 0 Å². The third-order valence-electron chi connectivity index (χ3n) is 6.62. The lowest BCUT2D eigenvalue weighted by Gasteiger charge is -2.32. The number of ether oxygens (including phenoxy) is 1. The maximum atomic E-state index is 12.2. The molecule has 1 aromatic carbocycles. The van der Waals surface area contributed by atoms with Gasteiger partial charge < -0.3 is 29.2 Å². The third kappa shape index (κ3) is 8.95. The van der Waals surface area contributed by atoms with Gasteiger partial charge in [0.1, 0.15) is 18.3 Å². The van der Waals surface area contributed by atoms with Crippen molar-refractivity contribution >= 4 is 11.9 Å². The van der Waals surface area contributed by atoms with Gasteiger partial charge in [-0.2, -0.15) is 0 Å². The molecule has 2 aliphatic rings. The van der Waals surface area contributed by atoms with Crippen LogP contribution in [0.3, 0.4) is 0 Å². The quantitative estimate of drug-likeness (QED) is 0.345. The lowest BCUT2D eigenvalue weighted by atomic mass is 10.1. The molecule has 12 heteroatoms. The lowest BCUT2D eigenvalue weighted by molar-refractivity contribution is 0.0263. The second kappa shape index (κ2) is 12.5. The summed E-state index contributed by atoms with van der Waals surface area (Å²) in [5, 5.41) is 28.6. The molecule has 2 aliphatic heterocycles. The minimum atomic E-state index is -0.999. The molecule has 3 N–H and O–H groups in total. The molecule has 2 aromatic heterocycles. The first kappa shape index (κ1) is 30.4. The van der Waals surface area contributed by atoms with Gasteiger partial charge in [-0.1, -0.05) is 30.3 Å². The smallest absolute Gasteiger partial charge is 0.358 e. The number of carboxylic acids is 1. The first-order valence-corrected chi connectivity index (χ1v) is 13.7. The molecular weight excluding hydrogens is 528 g/mol. The first-order chi connectivity index (χ1) is 19.3. The molecule has 3 aromatic rings. The van der Waals surface area contributed by atoms with E-state index in [2.05, 4.69) is 19.8 Å². The fourth-order valence-corrected chi connectivity index (χ4v) is 4.97. The zero-order valence-corrected chi connectivity index (χ0v) is 24.2. The second-order valence-corrected chi connectivity index (χ2v) is 11.9. The summed E-state index contributed by atoms with van der Waals surface area (Å²) in [4.78, 5) is 35.7. The topological polar surface area (TPSA) is 146 Å². The van der Waals surface area contributed by atoms with E-state index in [1.165, 1.54) is 0 Å². The predicted octanol–water partition coefficient (Wildman–Crippen LogP) is 1.99. The number of aliphatic hydroxyl groups is 2. The summed E-state index contributed by atoms with van der Waals surface area (Å²) in [6.07, 6.45) is 3.32. The summed E-state index contributed by atoms with van der Waals surface area (Å²) in [6.45, 7) is 12.8. The van der Waals surface area contributed by atoms with Crippen LogP contribution >= 0.6 is 0 Å². The standard InChI is InChI=1S/C18H23N3O3.C11H17N3O3/c1-18(2,23)13-20-8-9-21-10-15(19-16(21)11-20)17(22)24-12-14-6-4-3-5-7-14;1-11(2,17)7-13-3-4-14-5-8(10(15)16)12-9(14)6-13/h3-7,10,23H,8-9,11-13H2,1-2H3;5,17H,3-4,6-7H2,1-2H3,(H,15,16). The van der Waals surface area contributed by atoms with Crippen molar-refractivity contribution in [2.75, 3.05) is 26.2 Å². The number of rotatable bonds is 8. The Hall–Kier alpha value is -3.58. The highest BCUT2D eigenvalue weighted by Crippen LogP contribution is 2.17. The molecular formula is C29H40N6O6. The molecule has 0 bridgehead atoms. The highest BCUT2D eigenvalue weighted by Gasteiger charge is 2.26. The van der Waals surface area contributed by atoms with Crippen molar-refractivity contribution < 1.29 is 29.6 Å². The highest BCUT2D eigenvalue weighted by molar-refractivity contribution is 5.87. The molecule has 0 radical (unpaired) electrons. The van der Waals surface area contributed by atoms with Crippen LogP contribution in [0.25, 0.3) is 0 Å². The Balaban J connectivity index is 0.000000201. The number of β-amino-alcohol motifs (C(OH)–C–C–N with tert-alkyl or cyclic N) is 2. The van der Waals surface area contributed by atoms with Crippen LogP contribution in [0.1, 0.15) is 65.9 Å². The van der Waals surface area contributed by atoms with Gasteiger partial charge in [0, 0.05) is 51.7 Å². The van der Waals surface area contributed by atoms with Gasteiger partial charge in [-0.15, -0.1) is 0 Å². The molecule has 0 saturated heterocycles. The van der Waals surface area contributed by atoms with Crippen LogP contribution in [0, 0.1) is 0 Å². The maximum Gasteiger partial charge on any atom is 0.358 e.